The zero-order chi connectivity index (χ0) is 12.8. The third kappa shape index (κ3) is 1.52. The predicted octanol–water partition coefficient (Wildman–Crippen LogP) is 2.47. The van der Waals surface area contributed by atoms with Gasteiger partial charge < -0.3 is 5.11 Å². The number of hydrogen-bond donors (Lipinski definition) is 1. The van der Waals surface area contributed by atoms with E-state index in [-0.39, 0.29) is 11.8 Å². The van der Waals surface area contributed by atoms with Crippen molar-refractivity contribution in [3.05, 3.63) is 30.0 Å². The molecule has 0 saturated heterocycles. The van der Waals surface area contributed by atoms with Crippen molar-refractivity contribution in [3.63, 3.8) is 0 Å². The molecule has 1 aliphatic carbocycles. The Morgan fingerprint density at radius 2 is 2.17 bits per heavy atom. The second-order valence-corrected chi connectivity index (χ2v) is 5.19. The van der Waals surface area contributed by atoms with Gasteiger partial charge in [0.2, 0.25) is 0 Å². The van der Waals surface area contributed by atoms with E-state index < -0.39 is 5.97 Å². The number of hydrogen-bond acceptors (Lipinski definition) is 2. The number of nitrogens with zero attached hydrogens (tertiary/aromatic N) is 2. The number of carbonyl (C=O) groups is 1. The van der Waals surface area contributed by atoms with Gasteiger partial charge in [-0.15, -0.1) is 0 Å². The van der Waals surface area contributed by atoms with E-state index in [2.05, 4.69) is 5.10 Å². The van der Waals surface area contributed by atoms with E-state index in [0.29, 0.717) is 0 Å². The topological polar surface area (TPSA) is 55.1 Å². The largest absolute Gasteiger partial charge is 0.481 e. The van der Waals surface area contributed by atoms with Crippen LogP contribution < -0.4 is 0 Å². The molecular weight excluding hydrogens is 228 g/mol. The number of carboxylic acid groups (broad SMARTS) is 1. The van der Waals surface area contributed by atoms with Crippen LogP contribution >= 0.6 is 0 Å². The summed E-state index contributed by atoms with van der Waals surface area (Å²) >= 11 is 0. The molecule has 1 heterocycles. The molecule has 0 spiro atoms. The van der Waals surface area contributed by atoms with Crippen molar-refractivity contribution in [2.45, 2.75) is 31.1 Å². The van der Waals surface area contributed by atoms with Crippen LogP contribution in [0.1, 0.15) is 31.4 Å². The Morgan fingerprint density at radius 3 is 2.78 bits per heavy atom. The van der Waals surface area contributed by atoms with Crippen molar-refractivity contribution in [1.29, 1.82) is 0 Å². The minimum atomic E-state index is -0.722. The molecule has 1 N–H and O–H groups in total. The molecule has 0 radical (unpaired) electrons. The van der Waals surface area contributed by atoms with Gasteiger partial charge in [-0.3, -0.25) is 9.48 Å². The van der Waals surface area contributed by atoms with Crippen molar-refractivity contribution in [2.24, 2.45) is 7.05 Å². The molecule has 0 aliphatic heterocycles. The van der Waals surface area contributed by atoms with Crippen LogP contribution in [0.2, 0.25) is 0 Å². The molecule has 1 aliphatic rings. The molecule has 1 aromatic carbocycles. The van der Waals surface area contributed by atoms with Gasteiger partial charge in [0.25, 0.3) is 0 Å². The molecule has 0 atom stereocenters. The van der Waals surface area contributed by atoms with Crippen LogP contribution in [0.25, 0.3) is 10.9 Å². The number of rotatable bonds is 3. The highest BCUT2D eigenvalue weighted by Crippen LogP contribution is 2.48. The summed E-state index contributed by atoms with van der Waals surface area (Å²) in [6.07, 6.45) is 3.20. The third-order valence-corrected chi connectivity index (χ3v) is 4.04. The summed E-state index contributed by atoms with van der Waals surface area (Å²) in [6.45, 7) is 0. The first-order chi connectivity index (χ1) is 8.62. The van der Waals surface area contributed by atoms with Crippen molar-refractivity contribution in [3.8, 4) is 0 Å². The summed E-state index contributed by atoms with van der Waals surface area (Å²) in [7, 11) is 1.91. The van der Waals surface area contributed by atoms with Crippen molar-refractivity contribution < 1.29 is 9.90 Å². The maximum absolute atomic E-state index is 11.1. The molecule has 0 bridgehead atoms. The van der Waals surface area contributed by atoms with E-state index >= 15 is 0 Å². The quantitative estimate of drug-likeness (QED) is 0.902. The number of aryl methyl sites for hydroxylation is 1. The molecule has 4 heteroatoms. The molecular formula is C14H16N2O2. The lowest BCUT2D eigenvalue weighted by molar-refractivity contribution is -0.139. The summed E-state index contributed by atoms with van der Waals surface area (Å²) in [5.41, 5.74) is 1.83. The first kappa shape index (κ1) is 11.3. The maximum Gasteiger partial charge on any atom is 0.304 e. The van der Waals surface area contributed by atoms with Crippen LogP contribution in [0.15, 0.2) is 24.3 Å². The predicted molar refractivity (Wildman–Crippen MR) is 68.5 cm³/mol. The van der Waals surface area contributed by atoms with Crippen molar-refractivity contribution in [2.75, 3.05) is 0 Å². The highest BCUT2D eigenvalue weighted by molar-refractivity contribution is 5.83. The van der Waals surface area contributed by atoms with E-state index in [9.17, 15) is 4.79 Å². The molecule has 1 saturated carbocycles. The van der Waals surface area contributed by atoms with Gasteiger partial charge in [-0.1, -0.05) is 24.6 Å². The fourth-order valence-corrected chi connectivity index (χ4v) is 3.17. The number of aliphatic carboxylic acids is 1. The monoisotopic (exact) mass is 244 g/mol. The third-order valence-electron chi connectivity index (χ3n) is 4.04. The fraction of sp³-hybridized carbons (Fsp3) is 0.429. The first-order valence-electron chi connectivity index (χ1n) is 6.26. The second-order valence-electron chi connectivity index (χ2n) is 5.19. The SMILES string of the molecule is Cn1nc2ccccc2c1C1(CC(=O)O)CCC1. The minimum Gasteiger partial charge on any atom is -0.481 e. The Morgan fingerprint density at radius 1 is 1.44 bits per heavy atom. The fourth-order valence-electron chi connectivity index (χ4n) is 3.17. The average Bonchev–Trinajstić information content (AvgIpc) is 2.60. The molecule has 0 unspecified atom stereocenters. The minimum absolute atomic E-state index is 0.205. The van der Waals surface area contributed by atoms with Crippen LogP contribution in [0.5, 0.6) is 0 Å². The van der Waals surface area contributed by atoms with Gasteiger partial charge in [-0.25, -0.2) is 0 Å². The van der Waals surface area contributed by atoms with Gasteiger partial charge in [-0.05, 0) is 18.9 Å². The van der Waals surface area contributed by atoms with E-state index in [0.717, 1.165) is 35.9 Å². The van der Waals surface area contributed by atoms with Crippen LogP contribution in [-0.4, -0.2) is 20.9 Å². The summed E-state index contributed by atoms with van der Waals surface area (Å²) in [6, 6.07) is 7.97. The van der Waals surface area contributed by atoms with Gasteiger partial charge in [0.05, 0.1) is 17.6 Å². The highest BCUT2D eigenvalue weighted by Gasteiger charge is 2.43. The van der Waals surface area contributed by atoms with Crippen molar-refractivity contribution in [1.82, 2.24) is 9.78 Å². The van der Waals surface area contributed by atoms with Gasteiger partial charge in [-0.2, -0.15) is 5.10 Å². The lowest BCUT2D eigenvalue weighted by atomic mass is 9.64. The van der Waals surface area contributed by atoms with Crippen LogP contribution in [-0.2, 0) is 17.3 Å². The molecule has 1 fully saturated rings. The Bertz CT molecular complexity index is 611. The lowest BCUT2D eigenvalue weighted by Crippen LogP contribution is -2.38. The van der Waals surface area contributed by atoms with Gasteiger partial charge >= 0.3 is 5.97 Å². The van der Waals surface area contributed by atoms with Gasteiger partial charge in [0.1, 0.15) is 0 Å². The smallest absolute Gasteiger partial charge is 0.304 e. The summed E-state index contributed by atoms with van der Waals surface area (Å²) in [5, 5.41) is 14.7. The number of fused-ring (bicyclic) bond motifs is 1. The van der Waals surface area contributed by atoms with E-state index in [1.165, 1.54) is 0 Å². The molecule has 94 valence electrons. The molecule has 4 nitrogen and oxygen atoms in total. The zero-order valence-corrected chi connectivity index (χ0v) is 10.4. The average molecular weight is 244 g/mol. The standard InChI is InChI=1S/C14H16N2O2/c1-16-13(10-5-2-3-6-11(10)15-16)14(7-4-8-14)9-12(17)18/h2-3,5-6H,4,7-9H2,1H3,(H,17,18). The Kier molecular flexibility index (Phi) is 2.40. The van der Waals surface area contributed by atoms with Crippen LogP contribution in [0.3, 0.4) is 0 Å². The van der Waals surface area contributed by atoms with Crippen LogP contribution in [0.4, 0.5) is 0 Å². The molecule has 1 aromatic heterocycles. The van der Waals surface area contributed by atoms with E-state index in [4.69, 9.17) is 5.11 Å². The number of carboxylic acids is 1. The molecule has 0 amide bonds. The second kappa shape index (κ2) is 3.83. The highest BCUT2D eigenvalue weighted by atomic mass is 16.4. The Hall–Kier alpha value is -1.84. The maximum atomic E-state index is 11.1. The summed E-state index contributed by atoms with van der Waals surface area (Å²) in [4.78, 5) is 11.1. The van der Waals surface area contributed by atoms with E-state index in [1.54, 1.807) is 0 Å². The van der Waals surface area contributed by atoms with E-state index in [1.807, 2.05) is 36.0 Å². The number of aromatic nitrogens is 2. The van der Waals surface area contributed by atoms with Crippen LogP contribution in [0, 0.1) is 0 Å². The summed E-state index contributed by atoms with van der Waals surface area (Å²) in [5.74, 6) is -0.722. The number of benzene rings is 1. The van der Waals surface area contributed by atoms with Crippen molar-refractivity contribution >= 4 is 16.9 Å². The molecule has 2 aromatic rings. The summed E-state index contributed by atoms with van der Waals surface area (Å²) < 4.78 is 1.87. The van der Waals surface area contributed by atoms with Gasteiger partial charge in [0, 0.05) is 17.8 Å². The molecule has 3 rings (SSSR count). The Labute approximate surface area is 105 Å². The Balaban J connectivity index is 2.18. The normalized spacial score (nSPS) is 17.6. The molecule has 18 heavy (non-hydrogen) atoms. The first-order valence-corrected chi connectivity index (χ1v) is 6.26. The lowest BCUT2D eigenvalue weighted by Gasteiger charge is -2.41. The van der Waals surface area contributed by atoms with Gasteiger partial charge in [0.15, 0.2) is 0 Å². The zero-order valence-electron chi connectivity index (χ0n) is 10.4.